The van der Waals surface area contributed by atoms with E-state index >= 15 is 0 Å². The molecule has 2 aromatic carbocycles. The van der Waals surface area contributed by atoms with Crippen LogP contribution >= 0.6 is 15.9 Å². The van der Waals surface area contributed by atoms with Gasteiger partial charge in [0.2, 0.25) is 0 Å². The van der Waals surface area contributed by atoms with Gasteiger partial charge in [0, 0.05) is 10.2 Å². The molecule has 0 saturated carbocycles. The van der Waals surface area contributed by atoms with Crippen molar-refractivity contribution in [2.24, 2.45) is 0 Å². The topological polar surface area (TPSA) is 66.9 Å². The first-order valence-electron chi connectivity index (χ1n) is 5.52. The Labute approximate surface area is 122 Å². The van der Waals surface area contributed by atoms with Crippen LogP contribution in [0.3, 0.4) is 0 Å². The van der Waals surface area contributed by atoms with E-state index in [0.29, 0.717) is 17.0 Å². The largest absolute Gasteiger partial charge is 0.399 e. The number of anilines is 1. The van der Waals surface area contributed by atoms with E-state index in [-0.39, 0.29) is 0 Å². The molecular weight excluding hydrogens is 324 g/mol. The van der Waals surface area contributed by atoms with Crippen molar-refractivity contribution in [2.45, 2.75) is 10.6 Å². The van der Waals surface area contributed by atoms with Crippen LogP contribution < -0.4 is 5.73 Å². The molecule has 96 valence electrons. The van der Waals surface area contributed by atoms with Crippen molar-refractivity contribution < 1.29 is 4.21 Å². The Kier molecular flexibility index (Phi) is 4.35. The van der Waals surface area contributed by atoms with E-state index in [1.54, 1.807) is 30.3 Å². The van der Waals surface area contributed by atoms with Crippen LogP contribution in [0.1, 0.15) is 11.1 Å². The number of hydrogen-bond donors (Lipinski definition) is 1. The average molecular weight is 335 g/mol. The summed E-state index contributed by atoms with van der Waals surface area (Å²) in [5, 5.41) is 8.72. The average Bonchev–Trinajstić information content (AvgIpc) is 2.39. The van der Waals surface area contributed by atoms with E-state index in [9.17, 15) is 4.21 Å². The number of nitrogen functional groups attached to an aromatic ring is 1. The van der Waals surface area contributed by atoms with Crippen LogP contribution in [0, 0.1) is 11.3 Å². The Morgan fingerprint density at radius 2 is 1.89 bits per heavy atom. The van der Waals surface area contributed by atoms with Gasteiger partial charge in [0.25, 0.3) is 0 Å². The Morgan fingerprint density at radius 1 is 1.21 bits per heavy atom. The van der Waals surface area contributed by atoms with E-state index in [2.05, 4.69) is 22.0 Å². The number of nitrogens with zero attached hydrogens (tertiary/aromatic N) is 1. The molecule has 0 aromatic heterocycles. The lowest BCUT2D eigenvalue weighted by molar-refractivity contribution is 0.682. The molecule has 0 aliphatic heterocycles. The van der Waals surface area contributed by atoms with Crippen LogP contribution in [0.15, 0.2) is 51.8 Å². The van der Waals surface area contributed by atoms with Gasteiger partial charge in [-0.15, -0.1) is 0 Å². The fraction of sp³-hybridized carbons (Fsp3) is 0.0714. The molecule has 0 bridgehead atoms. The molecule has 1 unspecified atom stereocenters. The Bertz CT molecular complexity index is 662. The van der Waals surface area contributed by atoms with E-state index in [1.165, 1.54) is 0 Å². The van der Waals surface area contributed by atoms with Gasteiger partial charge in [0.1, 0.15) is 0 Å². The molecular formula is C14H11BrN2OS. The molecule has 2 rings (SSSR count). The second-order valence-electron chi connectivity index (χ2n) is 3.99. The van der Waals surface area contributed by atoms with Gasteiger partial charge in [0.05, 0.1) is 33.1 Å². The second kappa shape index (κ2) is 6.00. The number of halogens is 1. The van der Waals surface area contributed by atoms with Crippen LogP contribution in [0.4, 0.5) is 5.69 Å². The number of nitrogens with two attached hydrogens (primary N) is 1. The minimum absolute atomic E-state index is 0.411. The molecule has 5 heteroatoms. The monoisotopic (exact) mass is 334 g/mol. The van der Waals surface area contributed by atoms with Crippen molar-refractivity contribution in [3.63, 3.8) is 0 Å². The molecule has 0 radical (unpaired) electrons. The molecule has 0 fully saturated rings. The van der Waals surface area contributed by atoms with Gasteiger partial charge in [-0.3, -0.25) is 4.21 Å². The fourth-order valence-corrected chi connectivity index (χ4v) is 3.69. The van der Waals surface area contributed by atoms with Crippen molar-refractivity contribution >= 4 is 32.4 Å². The summed E-state index contributed by atoms with van der Waals surface area (Å²) in [4.78, 5) is 0.721. The van der Waals surface area contributed by atoms with Crippen molar-refractivity contribution in [2.75, 3.05) is 5.73 Å². The molecule has 1 atom stereocenters. The van der Waals surface area contributed by atoms with Crippen molar-refractivity contribution in [1.29, 1.82) is 5.26 Å². The highest BCUT2D eigenvalue weighted by Crippen LogP contribution is 2.24. The molecule has 0 heterocycles. The van der Waals surface area contributed by atoms with E-state index < -0.39 is 10.8 Å². The molecule has 0 saturated heterocycles. The quantitative estimate of drug-likeness (QED) is 0.876. The summed E-state index contributed by atoms with van der Waals surface area (Å²) in [6.45, 7) is 0. The first-order valence-corrected chi connectivity index (χ1v) is 7.64. The van der Waals surface area contributed by atoms with Gasteiger partial charge in [-0.2, -0.15) is 5.26 Å². The standard InChI is InChI=1S/C14H11BrN2OS/c15-13-7-12(17)5-6-14(13)19(18)9-11-3-1-10(8-16)2-4-11/h1-7H,9,17H2. The van der Waals surface area contributed by atoms with Crippen molar-refractivity contribution in [3.05, 3.63) is 58.1 Å². The summed E-state index contributed by atoms with van der Waals surface area (Å²) in [7, 11) is -1.15. The molecule has 19 heavy (non-hydrogen) atoms. The third-order valence-electron chi connectivity index (χ3n) is 2.58. The fourth-order valence-electron chi connectivity index (χ4n) is 1.61. The normalized spacial score (nSPS) is 11.8. The lowest BCUT2D eigenvalue weighted by Crippen LogP contribution is -1.98. The zero-order chi connectivity index (χ0) is 13.8. The van der Waals surface area contributed by atoms with E-state index in [1.807, 2.05) is 12.1 Å². The van der Waals surface area contributed by atoms with Gasteiger partial charge in [-0.05, 0) is 51.8 Å². The maximum absolute atomic E-state index is 12.3. The predicted octanol–water partition coefficient (Wildman–Crippen LogP) is 3.21. The third-order valence-corrected chi connectivity index (χ3v) is 4.94. The first kappa shape index (κ1) is 13.8. The SMILES string of the molecule is N#Cc1ccc(CS(=O)c2ccc(N)cc2Br)cc1. The maximum Gasteiger partial charge on any atom is 0.0991 e. The summed E-state index contributed by atoms with van der Waals surface area (Å²) in [5.41, 5.74) is 7.81. The Morgan fingerprint density at radius 3 is 2.47 bits per heavy atom. The molecule has 0 spiro atoms. The second-order valence-corrected chi connectivity index (χ2v) is 6.26. The highest BCUT2D eigenvalue weighted by atomic mass is 79.9. The van der Waals surface area contributed by atoms with Crippen LogP contribution in [-0.2, 0) is 16.6 Å². The summed E-state index contributed by atoms with van der Waals surface area (Å²) in [6.07, 6.45) is 0. The zero-order valence-electron chi connectivity index (χ0n) is 9.97. The summed E-state index contributed by atoms with van der Waals surface area (Å²) < 4.78 is 13.0. The van der Waals surface area contributed by atoms with Gasteiger partial charge in [0.15, 0.2) is 0 Å². The van der Waals surface area contributed by atoms with Gasteiger partial charge < -0.3 is 5.73 Å². The Balaban J connectivity index is 2.18. The van der Waals surface area contributed by atoms with Crippen LogP contribution in [0.25, 0.3) is 0 Å². The maximum atomic E-state index is 12.3. The molecule has 0 aliphatic carbocycles. The minimum Gasteiger partial charge on any atom is -0.399 e. The zero-order valence-corrected chi connectivity index (χ0v) is 12.4. The minimum atomic E-state index is -1.15. The molecule has 0 amide bonds. The van der Waals surface area contributed by atoms with Crippen LogP contribution in [0.5, 0.6) is 0 Å². The highest BCUT2D eigenvalue weighted by Gasteiger charge is 2.09. The summed E-state index contributed by atoms with van der Waals surface area (Å²) in [6, 6.07) is 14.4. The van der Waals surface area contributed by atoms with E-state index in [0.717, 1.165) is 14.9 Å². The summed E-state index contributed by atoms with van der Waals surface area (Å²) >= 11 is 3.37. The lowest BCUT2D eigenvalue weighted by Gasteiger charge is -2.06. The van der Waals surface area contributed by atoms with Gasteiger partial charge in [-0.25, -0.2) is 0 Å². The highest BCUT2D eigenvalue weighted by molar-refractivity contribution is 9.10. The lowest BCUT2D eigenvalue weighted by atomic mass is 10.2. The van der Waals surface area contributed by atoms with Crippen molar-refractivity contribution in [3.8, 4) is 6.07 Å². The predicted molar refractivity (Wildman–Crippen MR) is 79.8 cm³/mol. The third kappa shape index (κ3) is 3.43. The number of rotatable bonds is 3. The molecule has 0 aliphatic rings. The molecule has 2 aromatic rings. The number of hydrogen-bond acceptors (Lipinski definition) is 3. The van der Waals surface area contributed by atoms with Gasteiger partial charge in [-0.1, -0.05) is 12.1 Å². The summed E-state index contributed by atoms with van der Waals surface area (Å²) in [5.74, 6) is 0.411. The first-order chi connectivity index (χ1) is 9.10. The van der Waals surface area contributed by atoms with Crippen molar-refractivity contribution in [1.82, 2.24) is 0 Å². The molecule has 3 nitrogen and oxygen atoms in total. The van der Waals surface area contributed by atoms with Crippen LogP contribution in [-0.4, -0.2) is 4.21 Å². The Hall–Kier alpha value is -1.64. The smallest absolute Gasteiger partial charge is 0.0991 e. The number of nitriles is 1. The van der Waals surface area contributed by atoms with Crippen LogP contribution in [0.2, 0.25) is 0 Å². The number of benzene rings is 2. The van der Waals surface area contributed by atoms with E-state index in [4.69, 9.17) is 11.0 Å². The molecule has 2 N–H and O–H groups in total. The van der Waals surface area contributed by atoms with Gasteiger partial charge >= 0.3 is 0 Å².